The zero-order valence-corrected chi connectivity index (χ0v) is 21.7. The summed E-state index contributed by atoms with van der Waals surface area (Å²) in [6.45, 7) is 3.03. The standard InChI is InChI=1S/C23H28N8O7S/c1-2-24-21(34)18-16(32)17(33)22(38-18)31-12-27-15-19(25-11-26-20(15)31)29-23(35)28-13-5-7-14(8-6-13)39(36,37)30-9-3-4-10-30/h5-8,11-12,16-18,22,32-33H,2-4,9-10H2,1H3,(H,24,34)(H2,25,26,28,29,35)/t16?,17-,18-,22+/m0/s1. The molecule has 5 rings (SSSR count). The number of imidazole rings is 1. The Morgan fingerprint density at radius 3 is 2.46 bits per heavy atom. The average molecular weight is 561 g/mol. The van der Waals surface area contributed by atoms with E-state index in [1.165, 1.54) is 45.8 Å². The molecule has 4 atom stereocenters. The number of carbonyl (C=O) groups excluding carboxylic acids is 2. The summed E-state index contributed by atoms with van der Waals surface area (Å²) in [6.07, 6.45) is -1.23. The van der Waals surface area contributed by atoms with Crippen molar-refractivity contribution in [2.45, 2.75) is 49.2 Å². The molecule has 3 amide bonds. The number of rotatable bonds is 7. The molecule has 0 aliphatic carbocycles. The first-order valence-electron chi connectivity index (χ1n) is 12.4. The van der Waals surface area contributed by atoms with Gasteiger partial charge in [-0.05, 0) is 44.0 Å². The molecule has 1 aromatic carbocycles. The highest BCUT2D eigenvalue weighted by Crippen LogP contribution is 2.32. The minimum absolute atomic E-state index is 0.0535. The molecule has 0 bridgehead atoms. The van der Waals surface area contributed by atoms with Gasteiger partial charge < -0.3 is 25.6 Å². The van der Waals surface area contributed by atoms with Crippen LogP contribution in [-0.4, -0.2) is 92.3 Å². The second-order valence-electron chi connectivity index (χ2n) is 9.08. The Hall–Kier alpha value is -3.70. The van der Waals surface area contributed by atoms with Crippen LogP contribution >= 0.6 is 0 Å². The van der Waals surface area contributed by atoms with E-state index in [9.17, 15) is 28.2 Å². The molecule has 16 heteroatoms. The van der Waals surface area contributed by atoms with E-state index in [1.54, 1.807) is 6.92 Å². The molecular weight excluding hydrogens is 532 g/mol. The van der Waals surface area contributed by atoms with Crippen LogP contribution in [0.4, 0.5) is 16.3 Å². The van der Waals surface area contributed by atoms with Crippen LogP contribution in [0.15, 0.2) is 41.8 Å². The largest absolute Gasteiger partial charge is 0.387 e. The van der Waals surface area contributed by atoms with Crippen LogP contribution in [0.25, 0.3) is 11.2 Å². The quantitative estimate of drug-likeness (QED) is 0.262. The molecule has 2 saturated heterocycles. The number of fused-ring (bicyclic) bond motifs is 1. The highest BCUT2D eigenvalue weighted by Gasteiger charge is 2.47. The van der Waals surface area contributed by atoms with Crippen molar-refractivity contribution in [1.29, 1.82) is 0 Å². The van der Waals surface area contributed by atoms with Crippen LogP contribution < -0.4 is 16.0 Å². The summed E-state index contributed by atoms with van der Waals surface area (Å²) >= 11 is 0. The van der Waals surface area contributed by atoms with E-state index in [4.69, 9.17) is 4.74 Å². The number of carbonyl (C=O) groups is 2. The summed E-state index contributed by atoms with van der Waals surface area (Å²) < 4.78 is 33.8. The molecule has 0 radical (unpaired) electrons. The van der Waals surface area contributed by atoms with Gasteiger partial charge in [0.25, 0.3) is 5.91 Å². The minimum atomic E-state index is -3.57. The van der Waals surface area contributed by atoms with Gasteiger partial charge in [0.1, 0.15) is 18.5 Å². The molecule has 39 heavy (non-hydrogen) atoms. The number of aliphatic hydroxyl groups excluding tert-OH is 2. The Kier molecular flexibility index (Phi) is 7.46. The average Bonchev–Trinajstić information content (AvgIpc) is 3.66. The summed E-state index contributed by atoms with van der Waals surface area (Å²) in [5, 5.41) is 28.6. The molecule has 1 unspecified atom stereocenters. The number of aliphatic hydroxyl groups is 2. The SMILES string of the molecule is CCNC(=O)[C@H]1O[C@@H](n2cnc3c(NC(=O)Nc4ccc(S(=O)(=O)N5CCCC5)cc4)ncnc32)[C@@H](O)C1O. The monoisotopic (exact) mass is 560 g/mol. The van der Waals surface area contributed by atoms with Gasteiger partial charge in [-0.3, -0.25) is 14.7 Å². The fourth-order valence-corrected chi connectivity index (χ4v) is 6.09. The molecule has 5 N–H and O–H groups in total. The van der Waals surface area contributed by atoms with Gasteiger partial charge in [0, 0.05) is 25.3 Å². The van der Waals surface area contributed by atoms with Crippen molar-refractivity contribution in [3.05, 3.63) is 36.9 Å². The van der Waals surface area contributed by atoms with Gasteiger partial charge in [0.15, 0.2) is 29.3 Å². The second-order valence-corrected chi connectivity index (χ2v) is 11.0. The number of ether oxygens (including phenoxy) is 1. The number of sulfonamides is 1. The molecule has 2 aliphatic heterocycles. The van der Waals surface area contributed by atoms with Crippen LogP contribution in [0, 0.1) is 0 Å². The van der Waals surface area contributed by atoms with Gasteiger partial charge in [0.2, 0.25) is 10.0 Å². The van der Waals surface area contributed by atoms with Gasteiger partial charge in [-0.25, -0.2) is 28.2 Å². The predicted molar refractivity (Wildman–Crippen MR) is 137 cm³/mol. The smallest absolute Gasteiger partial charge is 0.324 e. The molecular formula is C23H28N8O7S. The molecule has 2 aliphatic rings. The molecule has 208 valence electrons. The molecule has 15 nitrogen and oxygen atoms in total. The third-order valence-corrected chi connectivity index (χ3v) is 8.44. The number of nitrogens with one attached hydrogen (secondary N) is 3. The number of likely N-dealkylation sites (N-methyl/N-ethyl adjacent to an activating group) is 1. The number of urea groups is 1. The van der Waals surface area contributed by atoms with Gasteiger partial charge in [-0.1, -0.05) is 0 Å². The van der Waals surface area contributed by atoms with Crippen LogP contribution in [0.1, 0.15) is 26.0 Å². The van der Waals surface area contributed by atoms with Gasteiger partial charge in [0.05, 0.1) is 11.2 Å². The molecule has 2 fully saturated rings. The molecule has 4 heterocycles. The van der Waals surface area contributed by atoms with Crippen molar-refractivity contribution in [1.82, 2.24) is 29.1 Å². The third-order valence-electron chi connectivity index (χ3n) is 6.53. The van der Waals surface area contributed by atoms with Crippen molar-refractivity contribution < 1.29 is 33.0 Å². The first kappa shape index (κ1) is 26.9. The third kappa shape index (κ3) is 5.16. The fourth-order valence-electron chi connectivity index (χ4n) is 4.57. The van der Waals surface area contributed by atoms with E-state index in [0.717, 1.165) is 12.8 Å². The maximum absolute atomic E-state index is 12.7. The lowest BCUT2D eigenvalue weighted by atomic mass is 10.1. The van der Waals surface area contributed by atoms with Crippen LogP contribution in [0.5, 0.6) is 0 Å². The summed E-state index contributed by atoms with van der Waals surface area (Å²) in [4.78, 5) is 37.4. The second kappa shape index (κ2) is 10.8. The van der Waals surface area contributed by atoms with E-state index >= 15 is 0 Å². The molecule has 0 spiro atoms. The van der Waals surface area contributed by atoms with E-state index in [0.29, 0.717) is 25.3 Å². The summed E-state index contributed by atoms with van der Waals surface area (Å²) in [6, 6.07) is 5.18. The summed E-state index contributed by atoms with van der Waals surface area (Å²) in [5.41, 5.74) is 0.715. The summed E-state index contributed by atoms with van der Waals surface area (Å²) in [7, 11) is -3.57. The molecule has 2 aromatic heterocycles. The fraction of sp³-hybridized carbons (Fsp3) is 0.435. The Balaban J connectivity index is 1.29. The van der Waals surface area contributed by atoms with Crippen molar-refractivity contribution in [2.75, 3.05) is 30.3 Å². The zero-order valence-electron chi connectivity index (χ0n) is 20.9. The van der Waals surface area contributed by atoms with Gasteiger partial charge in [-0.2, -0.15) is 4.31 Å². The van der Waals surface area contributed by atoms with Crippen molar-refractivity contribution >= 4 is 44.6 Å². The lowest BCUT2D eigenvalue weighted by Gasteiger charge is -2.16. The number of benzene rings is 1. The Morgan fingerprint density at radius 2 is 1.77 bits per heavy atom. The Bertz CT molecular complexity index is 1470. The van der Waals surface area contributed by atoms with Crippen LogP contribution in [0.2, 0.25) is 0 Å². The normalized spacial score (nSPS) is 23.7. The number of hydrogen-bond acceptors (Lipinski definition) is 10. The Morgan fingerprint density at radius 1 is 1.05 bits per heavy atom. The Labute approximate surface area is 223 Å². The van der Waals surface area contributed by atoms with Gasteiger partial charge in [-0.15, -0.1) is 0 Å². The van der Waals surface area contributed by atoms with E-state index in [-0.39, 0.29) is 21.9 Å². The van der Waals surface area contributed by atoms with Crippen LogP contribution in [0.3, 0.4) is 0 Å². The van der Waals surface area contributed by atoms with Crippen molar-refractivity contribution in [3.63, 3.8) is 0 Å². The number of amides is 3. The first-order chi connectivity index (χ1) is 18.7. The summed E-state index contributed by atoms with van der Waals surface area (Å²) in [5.74, 6) is -0.510. The van der Waals surface area contributed by atoms with Crippen molar-refractivity contribution in [2.24, 2.45) is 0 Å². The highest BCUT2D eigenvalue weighted by molar-refractivity contribution is 7.89. The molecule has 0 saturated carbocycles. The lowest BCUT2D eigenvalue weighted by molar-refractivity contribution is -0.137. The zero-order chi connectivity index (χ0) is 27.7. The first-order valence-corrected chi connectivity index (χ1v) is 13.8. The lowest BCUT2D eigenvalue weighted by Crippen LogP contribution is -2.42. The number of hydrogen-bond donors (Lipinski definition) is 5. The maximum atomic E-state index is 12.7. The van der Waals surface area contributed by atoms with Gasteiger partial charge >= 0.3 is 6.03 Å². The van der Waals surface area contributed by atoms with Crippen molar-refractivity contribution in [3.8, 4) is 0 Å². The van der Waals surface area contributed by atoms with E-state index in [1.807, 2.05) is 0 Å². The number of aromatic nitrogens is 4. The van der Waals surface area contributed by atoms with E-state index < -0.39 is 46.5 Å². The number of anilines is 2. The topological polar surface area (TPSA) is 201 Å². The molecule has 3 aromatic rings. The predicted octanol–water partition coefficient (Wildman–Crippen LogP) is 0.0101. The number of nitrogens with zero attached hydrogens (tertiary/aromatic N) is 5. The van der Waals surface area contributed by atoms with Crippen LogP contribution in [-0.2, 0) is 19.6 Å². The maximum Gasteiger partial charge on any atom is 0.324 e. The highest BCUT2D eigenvalue weighted by atomic mass is 32.2. The minimum Gasteiger partial charge on any atom is -0.387 e. The van der Waals surface area contributed by atoms with E-state index in [2.05, 4.69) is 30.9 Å².